The van der Waals surface area contributed by atoms with Gasteiger partial charge in [0.1, 0.15) is 10.6 Å². The summed E-state index contributed by atoms with van der Waals surface area (Å²) in [6.07, 6.45) is 0. The fourth-order valence-corrected chi connectivity index (χ4v) is 17.2. The Morgan fingerprint density at radius 2 is 0.530 bits per heavy atom. The molecule has 8 aromatic carbocycles. The van der Waals surface area contributed by atoms with Gasteiger partial charge in [-0.1, -0.05) is 231 Å². The second kappa shape index (κ2) is 20.6. The molecule has 0 heterocycles. The monoisotopic (exact) mass is 902 g/mol. The lowest BCUT2D eigenvalue weighted by Gasteiger charge is -2.31. The first kappa shape index (κ1) is 45.2. The number of benzene rings is 8. The van der Waals surface area contributed by atoms with Crippen molar-refractivity contribution in [2.24, 2.45) is 0 Å². The fourth-order valence-electron chi connectivity index (χ4n) is 8.64. The molecule has 0 aliphatic carbocycles. The Hall–Kier alpha value is -7.36. The molecule has 0 atom stereocenters. The molecule has 0 aliphatic heterocycles. The highest BCUT2D eigenvalue weighted by Crippen LogP contribution is 2.48. The molecule has 0 N–H and O–H groups in total. The highest BCUT2D eigenvalue weighted by molar-refractivity contribution is 7.98. The predicted molar refractivity (Wildman–Crippen MR) is 274 cm³/mol. The van der Waals surface area contributed by atoms with Gasteiger partial charge in [0.2, 0.25) is 11.6 Å². The van der Waals surface area contributed by atoms with E-state index in [9.17, 15) is 9.59 Å². The van der Waals surface area contributed by atoms with E-state index in [1.165, 1.54) is 0 Å². The average Bonchev–Trinajstić information content (AvgIpc) is 3.38. The van der Waals surface area contributed by atoms with Gasteiger partial charge in [0.15, 0.2) is 0 Å². The zero-order chi connectivity index (χ0) is 45.9. The first-order valence-electron chi connectivity index (χ1n) is 21.9. The molecule has 66 heavy (non-hydrogen) atoms. The van der Waals surface area contributed by atoms with E-state index in [4.69, 9.17) is 9.47 Å². The first-order chi connectivity index (χ1) is 32.3. The van der Waals surface area contributed by atoms with Crippen LogP contribution in [0.1, 0.15) is 34.6 Å². The van der Waals surface area contributed by atoms with Gasteiger partial charge in [-0.25, -0.2) is 9.59 Å². The SMILES string of the molecule is CCOC(=O)C(C(=O)c1ccc(-c2ccc(C(=O)C(C(=O)OCC)=P(c3ccccc3)(c3ccccc3)c3ccccc3)cc2)cc1)=P(c1ccccc1)(c1ccccc1)c1ccccc1. The van der Waals surface area contributed by atoms with Crippen LogP contribution in [0.3, 0.4) is 0 Å². The molecule has 8 rings (SSSR count). The van der Waals surface area contributed by atoms with Gasteiger partial charge in [0, 0.05) is 11.1 Å². The van der Waals surface area contributed by atoms with Crippen molar-refractivity contribution >= 4 is 79.7 Å². The molecule has 0 saturated heterocycles. The normalized spacial score (nSPS) is 11.2. The van der Waals surface area contributed by atoms with Crippen LogP contribution in [0.4, 0.5) is 0 Å². The summed E-state index contributed by atoms with van der Waals surface area (Å²) in [6.45, 7) is -2.57. The summed E-state index contributed by atoms with van der Waals surface area (Å²) < 4.78 is 11.5. The van der Waals surface area contributed by atoms with Crippen molar-refractivity contribution in [3.8, 4) is 11.1 Å². The molecule has 6 nitrogen and oxygen atoms in total. The lowest BCUT2D eigenvalue weighted by atomic mass is 9.99. The lowest BCUT2D eigenvalue weighted by molar-refractivity contribution is -0.135. The van der Waals surface area contributed by atoms with Gasteiger partial charge in [-0.3, -0.25) is 9.59 Å². The van der Waals surface area contributed by atoms with Crippen LogP contribution in [0.5, 0.6) is 0 Å². The largest absolute Gasteiger partial charge is 0.462 e. The number of ether oxygens (including phenoxy) is 2. The molecule has 0 radical (unpaired) electrons. The van der Waals surface area contributed by atoms with E-state index in [1.807, 2.05) is 206 Å². The standard InChI is InChI=1S/C58H48O6P2/c1-3-63-57(61)55(65(47-23-11-5-12-24-47,48-25-13-6-14-26-48)49-27-15-7-16-28-49)53(59)45-39-35-43(36-40-45)44-37-41-46(42-38-44)54(60)56(58(62)64-4-2)66(50-29-17-8-18-30-50,51-31-19-9-20-32-51)52-33-21-10-22-34-52/h5-42H,3-4H2,1-2H3. The summed E-state index contributed by atoms with van der Waals surface area (Å²) in [4.78, 5) is 59.2. The molecule has 8 heteroatoms. The first-order valence-corrected chi connectivity index (χ1v) is 25.4. The molecule has 0 amide bonds. The molecule has 0 saturated carbocycles. The lowest BCUT2D eigenvalue weighted by Crippen LogP contribution is -2.38. The minimum absolute atomic E-state index is 0.0812. The van der Waals surface area contributed by atoms with E-state index >= 15 is 9.59 Å². The maximum Gasteiger partial charge on any atom is 0.343 e. The average molecular weight is 903 g/mol. The summed E-state index contributed by atoms with van der Waals surface area (Å²) in [5.41, 5.74) is 2.23. The van der Waals surface area contributed by atoms with Crippen LogP contribution in [0, 0.1) is 0 Å². The number of ketones is 2. The smallest absolute Gasteiger partial charge is 0.343 e. The van der Waals surface area contributed by atoms with Gasteiger partial charge in [-0.15, -0.1) is 0 Å². The molecule has 0 bridgehead atoms. The number of hydrogen-bond acceptors (Lipinski definition) is 6. The van der Waals surface area contributed by atoms with Gasteiger partial charge < -0.3 is 9.47 Å². The summed E-state index contributed by atoms with van der Waals surface area (Å²) in [6, 6.07) is 72.8. The van der Waals surface area contributed by atoms with E-state index in [0.29, 0.717) is 11.1 Å². The zero-order valence-corrected chi connectivity index (χ0v) is 38.5. The second-order valence-electron chi connectivity index (χ2n) is 15.3. The number of hydrogen-bond donors (Lipinski definition) is 0. The van der Waals surface area contributed by atoms with E-state index in [1.54, 1.807) is 38.1 Å². The van der Waals surface area contributed by atoms with Crippen LogP contribution < -0.4 is 31.8 Å². The number of Topliss-reactive ketones (excluding diaryl/α,β-unsaturated/α-hetero) is 2. The topological polar surface area (TPSA) is 86.7 Å². The summed E-state index contributed by atoms with van der Waals surface area (Å²) in [7, 11) is 0. The Kier molecular flexibility index (Phi) is 14.1. The highest BCUT2D eigenvalue weighted by atomic mass is 31.2. The molecular formula is C58H48O6P2. The van der Waals surface area contributed by atoms with Gasteiger partial charge in [-0.2, -0.15) is 0 Å². The van der Waals surface area contributed by atoms with Crippen molar-refractivity contribution in [3.05, 3.63) is 242 Å². The number of carbonyl (C=O) groups is 4. The summed E-state index contributed by atoms with van der Waals surface area (Å²) in [5, 5.41) is 5.27. The fraction of sp³-hybridized carbons (Fsp3) is 0.0690. The minimum atomic E-state index is -3.12. The van der Waals surface area contributed by atoms with Crippen molar-refractivity contribution in [3.63, 3.8) is 0 Å². The van der Waals surface area contributed by atoms with Crippen molar-refractivity contribution in [1.29, 1.82) is 0 Å². The molecule has 0 unspecified atom stereocenters. The van der Waals surface area contributed by atoms with Crippen LogP contribution >= 0.6 is 13.8 Å². The van der Waals surface area contributed by atoms with Gasteiger partial charge in [0.25, 0.3) is 0 Å². The van der Waals surface area contributed by atoms with Crippen molar-refractivity contribution < 1.29 is 28.7 Å². The molecule has 0 spiro atoms. The van der Waals surface area contributed by atoms with Crippen molar-refractivity contribution in [1.82, 2.24) is 0 Å². The maximum atomic E-state index is 15.2. The Balaban J connectivity index is 1.25. The van der Waals surface area contributed by atoms with Crippen LogP contribution in [-0.4, -0.2) is 47.3 Å². The van der Waals surface area contributed by atoms with Crippen LogP contribution in [0.15, 0.2) is 231 Å². The van der Waals surface area contributed by atoms with Crippen LogP contribution in [-0.2, 0) is 19.1 Å². The molecule has 0 aromatic heterocycles. The van der Waals surface area contributed by atoms with E-state index in [-0.39, 0.29) is 23.8 Å². The Morgan fingerprint density at radius 1 is 0.318 bits per heavy atom. The van der Waals surface area contributed by atoms with Crippen molar-refractivity contribution in [2.75, 3.05) is 13.2 Å². The number of carbonyl (C=O) groups excluding carboxylic acids is 4. The number of esters is 2. The van der Waals surface area contributed by atoms with Gasteiger partial charge in [-0.05, 0) is 70.6 Å². The zero-order valence-electron chi connectivity index (χ0n) is 36.7. The molecular weight excluding hydrogens is 855 g/mol. The Morgan fingerprint density at radius 3 is 0.727 bits per heavy atom. The molecule has 8 aromatic rings. The molecule has 0 aliphatic rings. The minimum Gasteiger partial charge on any atom is -0.462 e. The summed E-state index contributed by atoms with van der Waals surface area (Å²) >= 11 is 0. The quantitative estimate of drug-likeness (QED) is 0.0442. The predicted octanol–water partition coefficient (Wildman–Crippen LogP) is 9.18. The Labute approximate surface area is 386 Å². The third kappa shape index (κ3) is 8.62. The van der Waals surface area contributed by atoms with Crippen molar-refractivity contribution in [2.45, 2.75) is 13.8 Å². The van der Waals surface area contributed by atoms with E-state index < -0.39 is 37.3 Å². The Bertz CT molecular complexity index is 2660. The van der Waals surface area contributed by atoms with E-state index in [2.05, 4.69) is 0 Å². The third-order valence-electron chi connectivity index (χ3n) is 11.5. The molecule has 0 fully saturated rings. The highest BCUT2D eigenvalue weighted by Gasteiger charge is 2.40. The third-order valence-corrected chi connectivity index (χ3v) is 20.1. The van der Waals surface area contributed by atoms with Crippen LogP contribution in [0.25, 0.3) is 11.1 Å². The van der Waals surface area contributed by atoms with Gasteiger partial charge >= 0.3 is 11.9 Å². The summed E-state index contributed by atoms with van der Waals surface area (Å²) in [5.74, 6) is -2.16. The second-order valence-corrected chi connectivity index (χ2v) is 22.0. The maximum absolute atomic E-state index is 15.2. The van der Waals surface area contributed by atoms with Gasteiger partial charge in [0.05, 0.1) is 13.2 Å². The van der Waals surface area contributed by atoms with E-state index in [0.717, 1.165) is 43.0 Å². The number of rotatable bonds is 15. The molecule has 326 valence electrons. The van der Waals surface area contributed by atoms with Crippen LogP contribution in [0.2, 0.25) is 0 Å².